The van der Waals surface area contributed by atoms with Crippen LogP contribution >= 0.6 is 0 Å². The highest BCUT2D eigenvalue weighted by Gasteiger charge is 2.16. The number of unbranched alkanes of at least 4 members (excludes halogenated alkanes) is 33. The van der Waals surface area contributed by atoms with Gasteiger partial charge in [0.15, 0.2) is 6.10 Å². The number of aliphatic hydroxyl groups excluding tert-OH is 1. The molecule has 1 unspecified atom stereocenters. The second kappa shape index (κ2) is 65.8. The summed E-state index contributed by atoms with van der Waals surface area (Å²) in [5.41, 5.74) is 0. The zero-order valence-electron chi connectivity index (χ0n) is 50.0. The van der Waals surface area contributed by atoms with E-state index in [1.54, 1.807) is 0 Å². The molecule has 0 bridgehead atoms. The Kier molecular flexibility index (Phi) is 62.9. The van der Waals surface area contributed by atoms with Gasteiger partial charge in [0.2, 0.25) is 0 Å². The first-order valence-electron chi connectivity index (χ1n) is 32.4. The molecule has 0 spiro atoms. The number of allylic oxidation sites excluding steroid dienone is 18. The minimum absolute atomic E-state index is 0.0678. The third-order valence-corrected chi connectivity index (χ3v) is 14.1. The van der Waals surface area contributed by atoms with Crippen LogP contribution in [0.3, 0.4) is 0 Å². The summed E-state index contributed by atoms with van der Waals surface area (Å²) in [6.07, 6.45) is 95.3. The third-order valence-electron chi connectivity index (χ3n) is 14.1. The van der Waals surface area contributed by atoms with Crippen LogP contribution in [0, 0.1) is 0 Å². The fourth-order valence-electron chi connectivity index (χ4n) is 9.28. The van der Waals surface area contributed by atoms with Crippen LogP contribution in [0.5, 0.6) is 0 Å². The first-order chi connectivity index (χ1) is 37.6. The Balaban J connectivity index is 3.44. The maximum atomic E-state index is 12.4. The van der Waals surface area contributed by atoms with Crippen LogP contribution in [0.4, 0.5) is 0 Å². The summed E-state index contributed by atoms with van der Waals surface area (Å²) in [6.45, 7) is 3.94. The van der Waals surface area contributed by atoms with Crippen LogP contribution in [0.2, 0.25) is 0 Å². The lowest BCUT2D eigenvalue weighted by molar-refractivity contribution is -0.161. The summed E-state index contributed by atoms with van der Waals surface area (Å²) in [6, 6.07) is 0. The lowest BCUT2D eigenvalue weighted by Gasteiger charge is -2.15. The van der Waals surface area contributed by atoms with Gasteiger partial charge in [-0.3, -0.25) is 9.59 Å². The Hall–Kier alpha value is -3.44. The summed E-state index contributed by atoms with van der Waals surface area (Å²) < 4.78 is 10.7. The van der Waals surface area contributed by atoms with Gasteiger partial charge in [-0.1, -0.05) is 309 Å². The molecule has 436 valence electrons. The molecule has 0 amide bonds. The van der Waals surface area contributed by atoms with Crippen LogP contribution in [-0.4, -0.2) is 36.4 Å². The fraction of sp³-hybridized carbons (Fsp3) is 0.718. The third kappa shape index (κ3) is 63.1. The van der Waals surface area contributed by atoms with Gasteiger partial charge >= 0.3 is 11.9 Å². The van der Waals surface area contributed by atoms with Crippen LogP contribution in [-0.2, 0) is 19.1 Å². The standard InChI is InChI=1S/C71H122O5/c1-3-5-7-9-11-13-15-17-19-21-23-25-27-29-30-31-32-33-34-35-36-37-38-39-40-42-44-46-48-50-52-54-56-58-60-62-64-66-71(74)76-69(67-72)68-75-70(73)65-63-61-59-57-55-53-51-49-47-45-43-41-28-26-24-22-20-18-16-14-12-10-8-6-4-2/h5-8,11-14,17-20,23-26,29-30,69,72H,3-4,9-10,15-16,21-22,27-28,31-68H2,1-2H3/b7-5-,8-6-,13-11-,14-12-,19-17-,20-18-,25-23-,26-24-,30-29-. The summed E-state index contributed by atoms with van der Waals surface area (Å²) in [7, 11) is 0. The van der Waals surface area contributed by atoms with E-state index in [1.807, 2.05) is 0 Å². The van der Waals surface area contributed by atoms with Gasteiger partial charge in [0, 0.05) is 12.8 Å². The number of hydrogen-bond donors (Lipinski definition) is 1. The van der Waals surface area contributed by atoms with E-state index in [0.29, 0.717) is 12.8 Å². The summed E-state index contributed by atoms with van der Waals surface area (Å²) in [5.74, 6) is -0.584. The van der Waals surface area contributed by atoms with Crippen molar-refractivity contribution in [3.05, 3.63) is 109 Å². The van der Waals surface area contributed by atoms with Gasteiger partial charge in [-0.15, -0.1) is 0 Å². The average Bonchev–Trinajstić information content (AvgIpc) is 3.42. The molecule has 0 aromatic rings. The predicted molar refractivity (Wildman–Crippen MR) is 334 cm³/mol. The normalized spacial score (nSPS) is 12.9. The number of hydrogen-bond acceptors (Lipinski definition) is 5. The van der Waals surface area contributed by atoms with E-state index in [-0.39, 0.29) is 25.2 Å². The van der Waals surface area contributed by atoms with Gasteiger partial charge < -0.3 is 14.6 Å². The zero-order chi connectivity index (χ0) is 54.8. The molecule has 0 radical (unpaired) electrons. The lowest BCUT2D eigenvalue weighted by atomic mass is 10.0. The van der Waals surface area contributed by atoms with E-state index >= 15 is 0 Å². The topological polar surface area (TPSA) is 72.8 Å². The van der Waals surface area contributed by atoms with E-state index in [2.05, 4.69) is 123 Å². The number of carbonyl (C=O) groups is 2. The Morgan fingerprint density at radius 3 is 0.789 bits per heavy atom. The van der Waals surface area contributed by atoms with Gasteiger partial charge in [0.1, 0.15) is 6.61 Å². The fourth-order valence-corrected chi connectivity index (χ4v) is 9.28. The Labute approximate surface area is 471 Å². The van der Waals surface area contributed by atoms with Crippen LogP contribution in [0.1, 0.15) is 309 Å². The summed E-state index contributed by atoms with van der Waals surface area (Å²) in [5, 5.41) is 9.69. The second-order valence-electron chi connectivity index (χ2n) is 21.4. The molecule has 0 saturated heterocycles. The van der Waals surface area contributed by atoms with Gasteiger partial charge in [0.25, 0.3) is 0 Å². The Morgan fingerprint density at radius 2 is 0.526 bits per heavy atom. The largest absolute Gasteiger partial charge is 0.462 e. The van der Waals surface area contributed by atoms with Crippen molar-refractivity contribution >= 4 is 11.9 Å². The van der Waals surface area contributed by atoms with E-state index in [1.165, 1.54) is 186 Å². The maximum absolute atomic E-state index is 12.4. The molecule has 0 aliphatic heterocycles. The molecule has 1 N–H and O–H groups in total. The van der Waals surface area contributed by atoms with Crippen molar-refractivity contribution in [3.63, 3.8) is 0 Å². The van der Waals surface area contributed by atoms with Gasteiger partial charge in [-0.25, -0.2) is 0 Å². The first-order valence-corrected chi connectivity index (χ1v) is 32.4. The van der Waals surface area contributed by atoms with Crippen LogP contribution < -0.4 is 0 Å². The average molecular weight is 1060 g/mol. The molecule has 1 atom stereocenters. The molecule has 5 nitrogen and oxygen atoms in total. The molecule has 0 saturated carbocycles. The predicted octanol–water partition coefficient (Wildman–Crippen LogP) is 22.4. The first kappa shape index (κ1) is 72.6. The molecule has 0 aliphatic rings. The smallest absolute Gasteiger partial charge is 0.306 e. The second-order valence-corrected chi connectivity index (χ2v) is 21.4. The lowest BCUT2D eigenvalue weighted by Crippen LogP contribution is -2.28. The number of rotatable bonds is 59. The van der Waals surface area contributed by atoms with Crippen molar-refractivity contribution in [2.24, 2.45) is 0 Å². The van der Waals surface area contributed by atoms with Crippen molar-refractivity contribution in [1.82, 2.24) is 0 Å². The molecule has 5 heteroatoms. The Bertz CT molecular complexity index is 1470. The molecular formula is C71H122O5. The van der Waals surface area contributed by atoms with Crippen LogP contribution in [0.15, 0.2) is 109 Å². The monoisotopic (exact) mass is 1050 g/mol. The molecule has 0 rings (SSSR count). The molecule has 0 aromatic heterocycles. The van der Waals surface area contributed by atoms with Crippen LogP contribution in [0.25, 0.3) is 0 Å². The minimum atomic E-state index is -0.777. The highest BCUT2D eigenvalue weighted by Crippen LogP contribution is 2.17. The molecule has 76 heavy (non-hydrogen) atoms. The number of carbonyl (C=O) groups excluding carboxylic acids is 2. The van der Waals surface area contributed by atoms with Crippen molar-refractivity contribution in [3.8, 4) is 0 Å². The Morgan fingerprint density at radius 1 is 0.303 bits per heavy atom. The van der Waals surface area contributed by atoms with Crippen molar-refractivity contribution in [2.45, 2.75) is 315 Å². The van der Waals surface area contributed by atoms with Gasteiger partial charge in [-0.2, -0.15) is 0 Å². The molecule has 0 aliphatic carbocycles. The molecule has 0 aromatic carbocycles. The van der Waals surface area contributed by atoms with E-state index < -0.39 is 6.10 Å². The van der Waals surface area contributed by atoms with Crippen molar-refractivity contribution in [2.75, 3.05) is 13.2 Å². The van der Waals surface area contributed by atoms with E-state index in [0.717, 1.165) is 96.3 Å². The van der Waals surface area contributed by atoms with Crippen molar-refractivity contribution < 1.29 is 24.2 Å². The number of esters is 2. The summed E-state index contributed by atoms with van der Waals surface area (Å²) in [4.78, 5) is 24.6. The minimum Gasteiger partial charge on any atom is -0.462 e. The van der Waals surface area contributed by atoms with E-state index in [9.17, 15) is 14.7 Å². The number of aliphatic hydroxyl groups is 1. The quantitative estimate of drug-likeness (QED) is 0.0373. The van der Waals surface area contributed by atoms with Crippen molar-refractivity contribution in [1.29, 1.82) is 0 Å². The SMILES string of the molecule is CC/C=C\C/C=C\C/C=C\C/C=C\C/C=C\CCCCCCCCCCCCCCCCCCCCCCCC(=O)OC(CO)COC(=O)CCCCCCCCCCCCCC/C=C\C/C=C\C/C=C\C/C=C\CC. The maximum Gasteiger partial charge on any atom is 0.306 e. The van der Waals surface area contributed by atoms with Gasteiger partial charge in [-0.05, 0) is 96.3 Å². The summed E-state index contributed by atoms with van der Waals surface area (Å²) >= 11 is 0. The highest BCUT2D eigenvalue weighted by molar-refractivity contribution is 5.70. The van der Waals surface area contributed by atoms with E-state index in [4.69, 9.17) is 9.47 Å². The zero-order valence-corrected chi connectivity index (χ0v) is 50.0. The highest BCUT2D eigenvalue weighted by atomic mass is 16.6. The molecule has 0 fully saturated rings. The number of ether oxygens (including phenoxy) is 2. The molecule has 0 heterocycles. The molecular weight excluding hydrogens is 933 g/mol. The van der Waals surface area contributed by atoms with Gasteiger partial charge in [0.05, 0.1) is 6.61 Å².